The fraction of sp³-hybridized carbons (Fsp3) is 0.429. The van der Waals surface area contributed by atoms with Crippen LogP contribution in [0.5, 0.6) is 0 Å². The minimum Gasteiger partial charge on any atom is -0.459 e. The minimum atomic E-state index is -5.23. The van der Waals surface area contributed by atoms with Gasteiger partial charge in [-0.25, -0.2) is 4.79 Å². The molecule has 1 aromatic rings. The number of hydrogen-bond donors (Lipinski definition) is 3. The summed E-state index contributed by atoms with van der Waals surface area (Å²) in [5.74, 6) is -3.35. The third kappa shape index (κ3) is 4.90. The van der Waals surface area contributed by atoms with Crippen molar-refractivity contribution in [3.63, 3.8) is 0 Å². The van der Waals surface area contributed by atoms with E-state index < -0.39 is 54.1 Å². The number of amides is 1. The van der Waals surface area contributed by atoms with Crippen molar-refractivity contribution < 1.29 is 47.4 Å². The number of esters is 1. The number of nitrogens with one attached hydrogen (secondary N) is 1. The normalized spacial score (nSPS) is 25.1. The van der Waals surface area contributed by atoms with E-state index in [1.807, 2.05) is 0 Å². The number of alkyl halides is 3. The highest BCUT2D eigenvalue weighted by Crippen LogP contribution is 2.23. The van der Waals surface area contributed by atoms with Crippen LogP contribution in [0.3, 0.4) is 0 Å². The molecule has 0 aliphatic carbocycles. The molecule has 1 heterocycles. The summed E-state index contributed by atoms with van der Waals surface area (Å²) in [5, 5.41) is 31.1. The Morgan fingerprint density at radius 2 is 1.85 bits per heavy atom. The molecule has 1 fully saturated rings. The number of carbonyl (C=O) groups is 2. The molecule has 1 aliphatic rings. The average molecular weight is 394 g/mol. The summed E-state index contributed by atoms with van der Waals surface area (Å²) in [7, 11) is 0. The summed E-state index contributed by atoms with van der Waals surface area (Å²) in [6.45, 7) is -0.702. The number of halogens is 3. The number of ether oxygens (including phenoxy) is 2. The van der Waals surface area contributed by atoms with E-state index in [2.05, 4.69) is 0 Å². The van der Waals surface area contributed by atoms with Gasteiger partial charge in [0.2, 0.25) is 0 Å². The van der Waals surface area contributed by atoms with Gasteiger partial charge in [0.05, 0.1) is 16.5 Å². The van der Waals surface area contributed by atoms with Crippen LogP contribution in [0.1, 0.15) is 10.4 Å². The summed E-state index contributed by atoms with van der Waals surface area (Å²) < 4.78 is 46.7. The van der Waals surface area contributed by atoms with Crippen molar-refractivity contribution in [1.82, 2.24) is 5.32 Å². The lowest BCUT2D eigenvalue weighted by Gasteiger charge is -2.21. The molecule has 1 aromatic carbocycles. The first kappa shape index (κ1) is 20.5. The molecule has 0 bridgehead atoms. The van der Waals surface area contributed by atoms with Crippen LogP contribution in [0.15, 0.2) is 24.3 Å². The zero-order chi connectivity index (χ0) is 20.4. The number of aliphatic hydroxyl groups is 2. The van der Waals surface area contributed by atoms with E-state index in [-0.39, 0.29) is 11.3 Å². The Balaban J connectivity index is 2.00. The molecule has 4 atom stereocenters. The number of aliphatic hydroxyl groups excluding tert-OH is 2. The number of nitro groups is 1. The largest absolute Gasteiger partial charge is 0.471 e. The second-order valence-corrected chi connectivity index (χ2v) is 5.46. The van der Waals surface area contributed by atoms with Crippen molar-refractivity contribution in [2.24, 2.45) is 0 Å². The van der Waals surface area contributed by atoms with Crippen molar-refractivity contribution in [1.29, 1.82) is 0 Å². The van der Waals surface area contributed by atoms with Crippen LogP contribution in [0, 0.1) is 10.1 Å². The lowest BCUT2D eigenvalue weighted by molar-refractivity contribution is -0.384. The molecular weight excluding hydrogens is 381 g/mol. The molecule has 13 heteroatoms. The number of non-ortho nitro benzene ring substituents is 1. The zero-order valence-electron chi connectivity index (χ0n) is 13.3. The quantitative estimate of drug-likeness (QED) is 0.356. The van der Waals surface area contributed by atoms with Gasteiger partial charge >= 0.3 is 18.1 Å². The van der Waals surface area contributed by atoms with Crippen LogP contribution < -0.4 is 5.32 Å². The van der Waals surface area contributed by atoms with Crippen molar-refractivity contribution in [2.75, 3.05) is 6.61 Å². The van der Waals surface area contributed by atoms with Gasteiger partial charge in [0.25, 0.3) is 5.69 Å². The van der Waals surface area contributed by atoms with Gasteiger partial charge in [0, 0.05) is 12.1 Å². The predicted molar refractivity (Wildman–Crippen MR) is 78.3 cm³/mol. The van der Waals surface area contributed by atoms with E-state index in [9.17, 15) is 43.1 Å². The third-order valence-electron chi connectivity index (χ3n) is 3.62. The maximum absolute atomic E-state index is 12.3. The van der Waals surface area contributed by atoms with Gasteiger partial charge in [0.1, 0.15) is 18.8 Å². The number of carbonyl (C=O) groups excluding carboxylic acids is 2. The summed E-state index contributed by atoms with van der Waals surface area (Å²) in [6.07, 6.45) is -10.5. The van der Waals surface area contributed by atoms with Crippen LogP contribution in [0.25, 0.3) is 0 Å². The molecule has 1 saturated heterocycles. The standard InChI is InChI=1S/C14H13F3N2O8/c15-14(16,17)13(23)18-9-8(27-12(22)10(9)20)5-26-11(21)6-1-3-7(4-2-6)19(24)25/h1-4,8-10,12,20,22H,5H2,(H,18,23)/t8-,9-,10+,12-/m1/s1. The van der Waals surface area contributed by atoms with E-state index in [4.69, 9.17) is 9.47 Å². The molecule has 0 spiro atoms. The molecule has 3 N–H and O–H groups in total. The Kier molecular flexibility index (Phi) is 5.98. The number of rotatable bonds is 5. The average Bonchev–Trinajstić information content (AvgIpc) is 2.86. The van der Waals surface area contributed by atoms with Crippen molar-refractivity contribution in [3.8, 4) is 0 Å². The lowest BCUT2D eigenvalue weighted by Crippen LogP contribution is -2.52. The summed E-state index contributed by atoms with van der Waals surface area (Å²) in [4.78, 5) is 32.8. The lowest BCUT2D eigenvalue weighted by atomic mass is 10.1. The fourth-order valence-corrected chi connectivity index (χ4v) is 2.26. The van der Waals surface area contributed by atoms with Gasteiger partial charge < -0.3 is 25.0 Å². The molecule has 1 aliphatic heterocycles. The molecular formula is C14H13F3N2O8. The molecule has 0 saturated carbocycles. The Hall–Kier alpha value is -2.77. The highest BCUT2D eigenvalue weighted by atomic mass is 19.4. The first-order chi connectivity index (χ1) is 12.5. The van der Waals surface area contributed by atoms with Gasteiger partial charge in [-0.2, -0.15) is 13.2 Å². The van der Waals surface area contributed by atoms with E-state index in [0.717, 1.165) is 24.3 Å². The number of nitrogens with zero attached hydrogens (tertiary/aromatic N) is 1. The number of nitro benzene ring substituents is 1. The topological polar surface area (TPSA) is 148 Å². The first-order valence-electron chi connectivity index (χ1n) is 7.31. The second-order valence-electron chi connectivity index (χ2n) is 5.46. The Morgan fingerprint density at radius 1 is 1.26 bits per heavy atom. The highest BCUT2D eigenvalue weighted by molar-refractivity contribution is 5.89. The van der Waals surface area contributed by atoms with E-state index in [1.54, 1.807) is 0 Å². The number of benzene rings is 1. The zero-order valence-corrected chi connectivity index (χ0v) is 13.3. The van der Waals surface area contributed by atoms with Gasteiger partial charge in [0.15, 0.2) is 6.29 Å². The van der Waals surface area contributed by atoms with Gasteiger partial charge in [-0.15, -0.1) is 0 Å². The smallest absolute Gasteiger partial charge is 0.459 e. The molecule has 2 rings (SSSR count). The Bertz CT molecular complexity index is 724. The highest BCUT2D eigenvalue weighted by Gasteiger charge is 2.48. The Morgan fingerprint density at radius 3 is 2.37 bits per heavy atom. The SMILES string of the molecule is O=C(OC[C@H]1O[C@@H](O)[C@@H](O)[C@@H]1NC(=O)C(F)(F)F)c1ccc([N+](=O)[O-])cc1. The van der Waals surface area contributed by atoms with Crippen molar-refractivity contribution in [3.05, 3.63) is 39.9 Å². The number of hydrogen-bond acceptors (Lipinski definition) is 8. The maximum Gasteiger partial charge on any atom is 0.471 e. The van der Waals surface area contributed by atoms with Crippen LogP contribution in [0.4, 0.5) is 18.9 Å². The summed E-state index contributed by atoms with van der Waals surface area (Å²) in [5.41, 5.74) is -0.359. The van der Waals surface area contributed by atoms with Crippen LogP contribution >= 0.6 is 0 Å². The molecule has 1 amide bonds. The molecule has 0 radical (unpaired) electrons. The molecule has 148 valence electrons. The van der Waals surface area contributed by atoms with Gasteiger partial charge in [-0.1, -0.05) is 0 Å². The van der Waals surface area contributed by atoms with E-state index in [0.29, 0.717) is 0 Å². The fourth-order valence-electron chi connectivity index (χ4n) is 2.26. The molecule has 27 heavy (non-hydrogen) atoms. The summed E-state index contributed by atoms with van der Waals surface area (Å²) >= 11 is 0. The monoisotopic (exact) mass is 394 g/mol. The Labute approximate surface area is 148 Å². The van der Waals surface area contributed by atoms with Crippen LogP contribution in [-0.4, -0.2) is 64.3 Å². The second kappa shape index (κ2) is 7.85. The minimum absolute atomic E-state index is 0.0874. The predicted octanol–water partition coefficient (Wildman–Crippen LogP) is -0.123. The van der Waals surface area contributed by atoms with E-state index in [1.165, 1.54) is 5.32 Å². The van der Waals surface area contributed by atoms with Crippen LogP contribution in [-0.2, 0) is 14.3 Å². The van der Waals surface area contributed by atoms with Crippen molar-refractivity contribution >= 4 is 17.6 Å². The van der Waals surface area contributed by atoms with E-state index >= 15 is 0 Å². The third-order valence-corrected chi connectivity index (χ3v) is 3.62. The van der Waals surface area contributed by atoms with Crippen LogP contribution in [0.2, 0.25) is 0 Å². The van der Waals surface area contributed by atoms with Gasteiger partial charge in [-0.05, 0) is 12.1 Å². The molecule has 0 unspecified atom stereocenters. The summed E-state index contributed by atoms with van der Waals surface area (Å²) in [6, 6.07) is 2.61. The van der Waals surface area contributed by atoms with Crippen molar-refractivity contribution in [2.45, 2.75) is 30.7 Å². The molecule has 0 aromatic heterocycles. The van der Waals surface area contributed by atoms with Gasteiger partial charge in [-0.3, -0.25) is 14.9 Å². The first-order valence-corrected chi connectivity index (χ1v) is 7.31. The molecule has 10 nitrogen and oxygen atoms in total. The maximum atomic E-state index is 12.3.